The van der Waals surface area contributed by atoms with E-state index in [4.69, 9.17) is 4.74 Å². The van der Waals surface area contributed by atoms with Gasteiger partial charge < -0.3 is 14.5 Å². The van der Waals surface area contributed by atoms with Crippen LogP contribution in [-0.2, 0) is 10.5 Å². The first-order valence-electron chi connectivity index (χ1n) is 11.1. The van der Waals surface area contributed by atoms with E-state index in [-0.39, 0.29) is 11.9 Å². The number of rotatable bonds is 8. The molecule has 3 aromatic heterocycles. The first-order valence-corrected chi connectivity index (χ1v) is 12.9. The zero-order valence-electron chi connectivity index (χ0n) is 18.2. The highest BCUT2D eigenvalue weighted by Crippen LogP contribution is 2.26. The average Bonchev–Trinajstić information content (AvgIpc) is 3.54. The molecule has 0 unspecified atom stereocenters. The molecular formula is C25H26N4O2S2. The second kappa shape index (κ2) is 10.5. The fourth-order valence-electron chi connectivity index (χ4n) is 3.99. The van der Waals surface area contributed by atoms with Crippen LogP contribution >= 0.6 is 23.1 Å². The molecule has 1 fully saturated rings. The summed E-state index contributed by atoms with van der Waals surface area (Å²) in [6.45, 7) is 3.84. The molecule has 1 aliphatic heterocycles. The molecule has 1 N–H and O–H groups in total. The summed E-state index contributed by atoms with van der Waals surface area (Å²) >= 11 is 3.46. The quantitative estimate of drug-likeness (QED) is 0.378. The lowest BCUT2D eigenvalue weighted by molar-refractivity contribution is 0.0169. The molecular weight excluding hydrogens is 452 g/mol. The monoisotopic (exact) mass is 478 g/mol. The van der Waals surface area contributed by atoms with Gasteiger partial charge in [0.15, 0.2) is 0 Å². The summed E-state index contributed by atoms with van der Waals surface area (Å²) in [5.41, 5.74) is 2.67. The number of pyridine rings is 1. The Morgan fingerprint density at radius 1 is 1.12 bits per heavy atom. The van der Waals surface area contributed by atoms with Crippen LogP contribution < -0.4 is 5.32 Å². The maximum Gasteiger partial charge on any atom is 0.251 e. The Labute approximate surface area is 201 Å². The molecule has 0 radical (unpaired) electrons. The maximum absolute atomic E-state index is 12.8. The molecule has 5 rings (SSSR count). The van der Waals surface area contributed by atoms with Crippen LogP contribution in [0.3, 0.4) is 0 Å². The van der Waals surface area contributed by atoms with E-state index in [2.05, 4.69) is 38.9 Å². The van der Waals surface area contributed by atoms with Crippen molar-refractivity contribution in [2.75, 3.05) is 32.8 Å². The van der Waals surface area contributed by atoms with Crippen LogP contribution in [-0.4, -0.2) is 53.0 Å². The summed E-state index contributed by atoms with van der Waals surface area (Å²) in [5.74, 6) is 0.747. The van der Waals surface area contributed by atoms with E-state index in [9.17, 15) is 4.79 Å². The normalized spacial score (nSPS) is 15.5. The third-order valence-corrected chi connectivity index (χ3v) is 7.75. The summed E-state index contributed by atoms with van der Waals surface area (Å²) in [5, 5.41) is 5.23. The molecule has 33 heavy (non-hydrogen) atoms. The number of carbonyl (C=O) groups is 1. The third kappa shape index (κ3) is 5.47. The largest absolute Gasteiger partial charge is 0.379 e. The highest BCUT2D eigenvalue weighted by Gasteiger charge is 2.24. The molecule has 1 atom stereocenters. The van der Waals surface area contributed by atoms with Gasteiger partial charge in [0.25, 0.3) is 5.91 Å². The summed E-state index contributed by atoms with van der Waals surface area (Å²) < 4.78 is 7.54. The van der Waals surface area contributed by atoms with Gasteiger partial charge >= 0.3 is 0 Å². The molecule has 6 nitrogen and oxygen atoms in total. The molecule has 170 valence electrons. The summed E-state index contributed by atoms with van der Waals surface area (Å²) in [6.07, 6.45) is 4.06. The van der Waals surface area contributed by atoms with Crippen molar-refractivity contribution in [3.8, 4) is 0 Å². The number of benzene rings is 1. The van der Waals surface area contributed by atoms with E-state index in [0.717, 1.165) is 48.3 Å². The first-order chi connectivity index (χ1) is 16.3. The van der Waals surface area contributed by atoms with Crippen LogP contribution in [0.15, 0.2) is 77.3 Å². The zero-order chi connectivity index (χ0) is 22.5. The minimum absolute atomic E-state index is 0.0401. The van der Waals surface area contributed by atoms with Crippen molar-refractivity contribution < 1.29 is 9.53 Å². The molecule has 1 aliphatic rings. The minimum Gasteiger partial charge on any atom is -0.379 e. The predicted octanol–water partition coefficient (Wildman–Crippen LogP) is 4.49. The van der Waals surface area contributed by atoms with Gasteiger partial charge in [-0.25, -0.2) is 4.98 Å². The number of imidazole rings is 1. The van der Waals surface area contributed by atoms with E-state index in [1.165, 1.54) is 4.88 Å². The van der Waals surface area contributed by atoms with Gasteiger partial charge in [-0.15, -0.1) is 23.1 Å². The van der Waals surface area contributed by atoms with Gasteiger partial charge in [0, 0.05) is 53.1 Å². The molecule has 0 bridgehead atoms. The SMILES string of the molecule is O=C(NC[C@@H](c1cccs1)N1CCOCC1)c1ccc(SCc2cn3ccccc3n2)cc1. The van der Waals surface area contributed by atoms with Gasteiger partial charge in [0.05, 0.1) is 24.9 Å². The number of ether oxygens (including phenoxy) is 1. The molecule has 1 amide bonds. The third-order valence-electron chi connectivity index (χ3n) is 5.73. The Kier molecular flexibility index (Phi) is 7.06. The Balaban J connectivity index is 1.17. The summed E-state index contributed by atoms with van der Waals surface area (Å²) in [4.78, 5) is 22.3. The van der Waals surface area contributed by atoms with Crippen molar-refractivity contribution in [3.63, 3.8) is 0 Å². The van der Waals surface area contributed by atoms with E-state index in [1.807, 2.05) is 53.1 Å². The van der Waals surface area contributed by atoms with Gasteiger partial charge in [-0.2, -0.15) is 0 Å². The second-order valence-corrected chi connectivity index (χ2v) is 9.93. The molecule has 0 spiro atoms. The van der Waals surface area contributed by atoms with Crippen molar-refractivity contribution in [3.05, 3.63) is 88.5 Å². The Morgan fingerprint density at radius 2 is 1.97 bits per heavy atom. The van der Waals surface area contributed by atoms with Crippen LogP contribution in [0.1, 0.15) is 27.0 Å². The zero-order valence-corrected chi connectivity index (χ0v) is 19.9. The predicted molar refractivity (Wildman–Crippen MR) is 133 cm³/mol. The van der Waals surface area contributed by atoms with Crippen molar-refractivity contribution in [1.29, 1.82) is 0 Å². The number of nitrogens with one attached hydrogen (secondary N) is 1. The Morgan fingerprint density at radius 3 is 2.73 bits per heavy atom. The highest BCUT2D eigenvalue weighted by molar-refractivity contribution is 7.98. The topological polar surface area (TPSA) is 58.9 Å². The number of thiophene rings is 1. The fourth-order valence-corrected chi connectivity index (χ4v) is 5.63. The van der Waals surface area contributed by atoms with Crippen LogP contribution in [0.4, 0.5) is 0 Å². The van der Waals surface area contributed by atoms with Crippen LogP contribution in [0, 0.1) is 0 Å². The van der Waals surface area contributed by atoms with Gasteiger partial charge in [-0.3, -0.25) is 9.69 Å². The van der Waals surface area contributed by atoms with Crippen LogP contribution in [0.5, 0.6) is 0 Å². The number of morpholine rings is 1. The van der Waals surface area contributed by atoms with Gasteiger partial charge in [0.2, 0.25) is 0 Å². The van der Waals surface area contributed by atoms with E-state index in [1.54, 1.807) is 23.1 Å². The molecule has 0 saturated carbocycles. The Hall–Kier alpha value is -2.65. The number of fused-ring (bicyclic) bond motifs is 1. The first kappa shape index (κ1) is 22.2. The number of amides is 1. The molecule has 4 heterocycles. The molecule has 4 aromatic rings. The second-order valence-electron chi connectivity index (χ2n) is 7.90. The summed E-state index contributed by atoms with van der Waals surface area (Å²) in [7, 11) is 0. The number of nitrogens with zero attached hydrogens (tertiary/aromatic N) is 3. The van der Waals surface area contributed by atoms with Gasteiger partial charge in [-0.05, 0) is 47.8 Å². The van der Waals surface area contributed by atoms with Crippen LogP contribution in [0.25, 0.3) is 5.65 Å². The van der Waals surface area contributed by atoms with Crippen molar-refractivity contribution in [1.82, 2.24) is 19.6 Å². The Bertz CT molecular complexity index is 1150. The average molecular weight is 479 g/mol. The number of aromatic nitrogens is 2. The lowest BCUT2D eigenvalue weighted by Crippen LogP contribution is -2.43. The fraction of sp³-hybridized carbons (Fsp3) is 0.280. The van der Waals surface area contributed by atoms with Gasteiger partial charge in [-0.1, -0.05) is 12.1 Å². The summed E-state index contributed by atoms with van der Waals surface area (Å²) in [6, 6.07) is 18.2. The van der Waals surface area contributed by atoms with E-state index in [0.29, 0.717) is 12.1 Å². The molecule has 8 heteroatoms. The molecule has 1 saturated heterocycles. The van der Waals surface area contributed by atoms with Crippen LogP contribution in [0.2, 0.25) is 0 Å². The number of hydrogen-bond donors (Lipinski definition) is 1. The lowest BCUT2D eigenvalue weighted by Gasteiger charge is -2.34. The maximum atomic E-state index is 12.8. The van der Waals surface area contributed by atoms with E-state index >= 15 is 0 Å². The van der Waals surface area contributed by atoms with E-state index < -0.39 is 0 Å². The van der Waals surface area contributed by atoms with Crippen molar-refractivity contribution in [2.24, 2.45) is 0 Å². The molecule has 0 aliphatic carbocycles. The number of hydrogen-bond acceptors (Lipinski definition) is 6. The lowest BCUT2D eigenvalue weighted by atomic mass is 10.1. The standard InChI is InChI=1S/C25H26N4O2S2/c30-25(26-16-22(23-4-3-15-32-23)28-11-13-31-14-12-28)19-6-8-21(9-7-19)33-18-20-17-29-10-2-1-5-24(29)27-20/h1-10,15,17,22H,11-14,16,18H2,(H,26,30)/t22-/m0/s1. The van der Waals surface area contributed by atoms with Crippen molar-refractivity contribution >= 4 is 34.7 Å². The van der Waals surface area contributed by atoms with Gasteiger partial charge in [0.1, 0.15) is 5.65 Å². The number of carbonyl (C=O) groups excluding carboxylic acids is 1. The smallest absolute Gasteiger partial charge is 0.251 e. The number of thioether (sulfide) groups is 1. The molecule has 1 aromatic carbocycles. The van der Waals surface area contributed by atoms with Crippen molar-refractivity contribution in [2.45, 2.75) is 16.7 Å². The highest BCUT2D eigenvalue weighted by atomic mass is 32.2. The minimum atomic E-state index is -0.0401.